The van der Waals surface area contributed by atoms with Crippen LogP contribution < -0.4 is 5.32 Å². The quantitative estimate of drug-likeness (QED) is 0.803. The van der Waals surface area contributed by atoms with Gasteiger partial charge in [-0.2, -0.15) is 5.26 Å². The predicted molar refractivity (Wildman–Crippen MR) is 81.5 cm³/mol. The second-order valence-electron chi connectivity index (χ2n) is 4.66. The normalized spacial score (nSPS) is 16.4. The Morgan fingerprint density at radius 2 is 1.79 bits per heavy atom. The molecular formula is C14H17Cl3N2. The Morgan fingerprint density at radius 3 is 2.26 bits per heavy atom. The van der Waals surface area contributed by atoms with Crippen molar-refractivity contribution in [3.8, 4) is 6.07 Å². The molecule has 0 unspecified atom stereocenters. The molecule has 0 aliphatic carbocycles. The maximum Gasteiger partial charge on any atom is 0.193 e. The number of halogens is 3. The van der Waals surface area contributed by atoms with Crippen LogP contribution in [-0.2, 0) is 0 Å². The summed E-state index contributed by atoms with van der Waals surface area (Å²) in [5, 5.41) is 12.4. The zero-order chi connectivity index (χ0) is 14.5. The molecule has 0 saturated heterocycles. The molecule has 5 heteroatoms. The van der Waals surface area contributed by atoms with E-state index in [-0.39, 0.29) is 18.0 Å². The van der Waals surface area contributed by atoms with E-state index in [4.69, 9.17) is 34.8 Å². The molecule has 0 aromatic heterocycles. The van der Waals surface area contributed by atoms with Crippen molar-refractivity contribution in [1.82, 2.24) is 5.32 Å². The Kier molecular flexibility index (Phi) is 6.42. The van der Waals surface area contributed by atoms with Crippen molar-refractivity contribution in [2.75, 3.05) is 0 Å². The maximum absolute atomic E-state index is 9.19. The van der Waals surface area contributed by atoms with E-state index in [0.717, 1.165) is 5.56 Å². The molecule has 1 rings (SSSR count). The lowest BCUT2D eigenvalue weighted by molar-refractivity contribution is 0.426. The number of rotatable bonds is 5. The summed E-state index contributed by atoms with van der Waals surface area (Å²) < 4.78 is -1.34. The molecule has 0 amide bonds. The number of nitrogens with zero attached hydrogens (tertiary/aromatic N) is 1. The molecular weight excluding hydrogens is 303 g/mol. The first kappa shape index (κ1) is 16.6. The third-order valence-corrected chi connectivity index (χ3v) is 4.17. The summed E-state index contributed by atoms with van der Waals surface area (Å²) in [6, 6.07) is 11.9. The van der Waals surface area contributed by atoms with Gasteiger partial charge in [0, 0.05) is 12.0 Å². The molecule has 0 bridgehead atoms. The molecule has 0 spiro atoms. The molecule has 104 valence electrons. The first-order valence-electron chi connectivity index (χ1n) is 6.12. The van der Waals surface area contributed by atoms with Gasteiger partial charge in [-0.25, -0.2) is 0 Å². The van der Waals surface area contributed by atoms with Gasteiger partial charge in [0.2, 0.25) is 0 Å². The lowest BCUT2D eigenvalue weighted by atomic mass is 10.0. The van der Waals surface area contributed by atoms with Crippen LogP contribution in [0.15, 0.2) is 30.3 Å². The van der Waals surface area contributed by atoms with Crippen LogP contribution in [0, 0.1) is 17.2 Å². The van der Waals surface area contributed by atoms with Crippen LogP contribution in [0.5, 0.6) is 0 Å². The molecule has 0 aliphatic rings. The van der Waals surface area contributed by atoms with Crippen LogP contribution in [0.3, 0.4) is 0 Å². The zero-order valence-electron chi connectivity index (χ0n) is 10.9. The fraction of sp³-hybridized carbons (Fsp3) is 0.500. The number of nitrogens with one attached hydrogen (secondary N) is 1. The Balaban J connectivity index is 2.61. The Morgan fingerprint density at radius 1 is 1.21 bits per heavy atom. The molecule has 0 aliphatic heterocycles. The Bertz CT molecular complexity index is 423. The van der Waals surface area contributed by atoms with Gasteiger partial charge in [-0.05, 0) is 18.9 Å². The van der Waals surface area contributed by atoms with Gasteiger partial charge in [0.1, 0.15) is 0 Å². The van der Waals surface area contributed by atoms with Gasteiger partial charge in [0.25, 0.3) is 0 Å². The van der Waals surface area contributed by atoms with Crippen molar-refractivity contribution in [1.29, 1.82) is 5.26 Å². The number of benzene rings is 1. The van der Waals surface area contributed by atoms with E-state index in [1.807, 2.05) is 44.2 Å². The SMILES string of the molecule is C[C@@H](N[C@H](C#N)C[C@H](C)C(Cl)(Cl)Cl)c1ccccc1. The van der Waals surface area contributed by atoms with E-state index in [0.29, 0.717) is 6.42 Å². The fourth-order valence-electron chi connectivity index (χ4n) is 1.78. The van der Waals surface area contributed by atoms with Crippen molar-refractivity contribution in [3.63, 3.8) is 0 Å². The highest BCUT2D eigenvalue weighted by molar-refractivity contribution is 6.67. The van der Waals surface area contributed by atoms with Gasteiger partial charge in [-0.3, -0.25) is 5.32 Å². The second kappa shape index (κ2) is 7.36. The molecule has 1 aromatic rings. The van der Waals surface area contributed by atoms with Crippen molar-refractivity contribution in [3.05, 3.63) is 35.9 Å². The predicted octanol–water partition coefficient (Wildman–Crippen LogP) is 4.63. The first-order valence-corrected chi connectivity index (χ1v) is 7.25. The first-order chi connectivity index (χ1) is 8.84. The maximum atomic E-state index is 9.19. The molecule has 2 nitrogen and oxygen atoms in total. The summed E-state index contributed by atoms with van der Waals surface area (Å²) in [7, 11) is 0. The largest absolute Gasteiger partial charge is 0.295 e. The van der Waals surface area contributed by atoms with Gasteiger partial charge < -0.3 is 0 Å². The Labute approximate surface area is 129 Å². The van der Waals surface area contributed by atoms with Crippen LogP contribution in [0.4, 0.5) is 0 Å². The number of hydrogen-bond donors (Lipinski definition) is 1. The zero-order valence-corrected chi connectivity index (χ0v) is 13.2. The van der Waals surface area contributed by atoms with Crippen LogP contribution in [-0.4, -0.2) is 9.83 Å². The summed E-state index contributed by atoms with van der Waals surface area (Å²) in [5.41, 5.74) is 1.13. The summed E-state index contributed by atoms with van der Waals surface area (Å²) in [6.07, 6.45) is 0.490. The second-order valence-corrected chi connectivity index (χ2v) is 7.03. The average Bonchev–Trinajstić information content (AvgIpc) is 2.37. The van der Waals surface area contributed by atoms with Crippen molar-refractivity contribution < 1.29 is 0 Å². The molecule has 19 heavy (non-hydrogen) atoms. The van der Waals surface area contributed by atoms with Crippen molar-refractivity contribution in [2.45, 2.75) is 36.1 Å². The lowest BCUT2D eigenvalue weighted by Gasteiger charge is -2.25. The molecule has 1 N–H and O–H groups in total. The molecule has 0 fully saturated rings. The van der Waals surface area contributed by atoms with Gasteiger partial charge in [-0.15, -0.1) is 0 Å². The topological polar surface area (TPSA) is 35.8 Å². The summed E-state index contributed by atoms with van der Waals surface area (Å²) >= 11 is 17.5. The summed E-state index contributed by atoms with van der Waals surface area (Å²) in [6.45, 7) is 3.84. The van der Waals surface area contributed by atoms with E-state index in [2.05, 4.69) is 11.4 Å². The molecule has 0 radical (unpaired) electrons. The highest BCUT2D eigenvalue weighted by Crippen LogP contribution is 2.37. The van der Waals surface area contributed by atoms with E-state index in [9.17, 15) is 5.26 Å². The van der Waals surface area contributed by atoms with Gasteiger partial charge in [-0.1, -0.05) is 72.1 Å². The number of alkyl halides is 3. The van der Waals surface area contributed by atoms with Crippen molar-refractivity contribution >= 4 is 34.8 Å². The van der Waals surface area contributed by atoms with Gasteiger partial charge in [0.05, 0.1) is 12.1 Å². The van der Waals surface area contributed by atoms with Crippen molar-refractivity contribution in [2.24, 2.45) is 5.92 Å². The van der Waals surface area contributed by atoms with Crippen LogP contribution in [0.1, 0.15) is 31.9 Å². The van der Waals surface area contributed by atoms with E-state index in [1.165, 1.54) is 0 Å². The highest BCUT2D eigenvalue weighted by atomic mass is 35.6. The van der Waals surface area contributed by atoms with E-state index >= 15 is 0 Å². The molecule has 0 heterocycles. The third-order valence-electron chi connectivity index (χ3n) is 3.05. The monoisotopic (exact) mass is 318 g/mol. The van der Waals surface area contributed by atoms with Gasteiger partial charge in [0.15, 0.2) is 3.79 Å². The molecule has 0 saturated carbocycles. The average molecular weight is 320 g/mol. The number of hydrogen-bond acceptors (Lipinski definition) is 2. The third kappa shape index (κ3) is 5.58. The van der Waals surface area contributed by atoms with Gasteiger partial charge >= 0.3 is 0 Å². The van der Waals surface area contributed by atoms with Crippen LogP contribution >= 0.6 is 34.8 Å². The summed E-state index contributed by atoms with van der Waals surface area (Å²) in [4.78, 5) is 0. The lowest BCUT2D eigenvalue weighted by Crippen LogP contribution is -2.34. The standard InChI is InChI=1S/C14H17Cl3N2/c1-10(14(15,16)17)8-13(9-18)19-11(2)12-6-4-3-5-7-12/h3-7,10-11,13,19H,8H2,1-2H3/t10-,11+,13-/m0/s1. The van der Waals surface area contributed by atoms with Crippen LogP contribution in [0.2, 0.25) is 0 Å². The molecule has 3 atom stereocenters. The van der Waals surface area contributed by atoms with Crippen LogP contribution in [0.25, 0.3) is 0 Å². The Hall–Kier alpha value is -0.460. The summed E-state index contributed by atoms with van der Waals surface area (Å²) in [5.74, 6) is -0.197. The highest BCUT2D eigenvalue weighted by Gasteiger charge is 2.31. The number of nitriles is 1. The smallest absolute Gasteiger partial charge is 0.193 e. The minimum Gasteiger partial charge on any atom is -0.295 e. The fourth-order valence-corrected chi connectivity index (χ4v) is 2.05. The minimum atomic E-state index is -1.34. The van der Waals surface area contributed by atoms with E-state index in [1.54, 1.807) is 0 Å². The van der Waals surface area contributed by atoms with E-state index < -0.39 is 3.79 Å². The minimum absolute atomic E-state index is 0.0772. The molecule has 1 aromatic carbocycles.